The van der Waals surface area contributed by atoms with E-state index < -0.39 is 0 Å². The Bertz CT molecular complexity index is 829. The van der Waals surface area contributed by atoms with Crippen LogP contribution in [0.4, 0.5) is 5.69 Å². The number of halogens is 1. The second-order valence-electron chi connectivity index (χ2n) is 10.0. The third-order valence-corrected chi connectivity index (χ3v) is 7.40. The van der Waals surface area contributed by atoms with Crippen molar-refractivity contribution in [2.24, 2.45) is 11.8 Å². The quantitative estimate of drug-likeness (QED) is 0.195. The van der Waals surface area contributed by atoms with E-state index in [1.807, 2.05) is 13.0 Å². The standard InChI is InChI=1S/C29H45ClN2O/c1-6-10-23(18-24-11-8-9-15-32(5)16-14-24)13-12-21(3)29(33)22(4)17-25-19-26(7-2)28(31)27(30)20-25/h11,19-20,22-23H,3,6-10,12-18,31H2,1-2,4-5H3/b24-11+/t22-,23?/m1/s1. The Morgan fingerprint density at radius 2 is 1.97 bits per heavy atom. The molecule has 3 nitrogen and oxygen atoms in total. The molecule has 2 atom stereocenters. The Balaban J connectivity index is 1.92. The lowest BCUT2D eigenvalue weighted by Crippen LogP contribution is -2.23. The molecule has 0 spiro atoms. The first-order valence-electron chi connectivity index (χ1n) is 12.9. The Morgan fingerprint density at radius 3 is 2.67 bits per heavy atom. The van der Waals surface area contributed by atoms with E-state index in [1.54, 1.807) is 5.57 Å². The van der Waals surface area contributed by atoms with Gasteiger partial charge >= 0.3 is 0 Å². The van der Waals surface area contributed by atoms with Crippen LogP contribution in [-0.4, -0.2) is 30.8 Å². The van der Waals surface area contributed by atoms with Crippen molar-refractivity contribution in [1.82, 2.24) is 4.90 Å². The van der Waals surface area contributed by atoms with Gasteiger partial charge in [-0.3, -0.25) is 4.79 Å². The van der Waals surface area contributed by atoms with Gasteiger partial charge in [0.2, 0.25) is 0 Å². The predicted molar refractivity (Wildman–Crippen MR) is 144 cm³/mol. The van der Waals surface area contributed by atoms with Gasteiger partial charge in [-0.15, -0.1) is 0 Å². The molecule has 1 heterocycles. The summed E-state index contributed by atoms with van der Waals surface area (Å²) in [6.45, 7) is 12.9. The summed E-state index contributed by atoms with van der Waals surface area (Å²) < 4.78 is 0. The highest BCUT2D eigenvalue weighted by Gasteiger charge is 2.20. The number of aryl methyl sites for hydroxylation is 1. The molecule has 1 aliphatic rings. The largest absolute Gasteiger partial charge is 0.397 e. The fraction of sp³-hybridized carbons (Fsp3) is 0.621. The van der Waals surface area contributed by atoms with Gasteiger partial charge in [0.05, 0.1) is 10.7 Å². The van der Waals surface area contributed by atoms with Gasteiger partial charge < -0.3 is 10.6 Å². The third kappa shape index (κ3) is 8.94. The third-order valence-electron chi connectivity index (χ3n) is 7.09. The van der Waals surface area contributed by atoms with Crippen molar-refractivity contribution in [1.29, 1.82) is 0 Å². The molecule has 33 heavy (non-hydrogen) atoms. The highest BCUT2D eigenvalue weighted by Crippen LogP contribution is 2.29. The fourth-order valence-electron chi connectivity index (χ4n) is 4.97. The smallest absolute Gasteiger partial charge is 0.161 e. The predicted octanol–water partition coefficient (Wildman–Crippen LogP) is 7.42. The number of hydrogen-bond acceptors (Lipinski definition) is 3. The van der Waals surface area contributed by atoms with E-state index in [2.05, 4.69) is 44.5 Å². The van der Waals surface area contributed by atoms with Gasteiger partial charge in [0.1, 0.15) is 0 Å². The van der Waals surface area contributed by atoms with Crippen molar-refractivity contribution in [3.8, 4) is 0 Å². The van der Waals surface area contributed by atoms with Gasteiger partial charge in [-0.05, 0) is 93.6 Å². The van der Waals surface area contributed by atoms with Crippen molar-refractivity contribution in [3.05, 3.63) is 52.1 Å². The topological polar surface area (TPSA) is 46.3 Å². The van der Waals surface area contributed by atoms with Crippen LogP contribution in [0.5, 0.6) is 0 Å². The van der Waals surface area contributed by atoms with Crippen LogP contribution in [0.3, 0.4) is 0 Å². The molecule has 0 amide bonds. The van der Waals surface area contributed by atoms with Crippen LogP contribution in [0.15, 0.2) is 35.9 Å². The first kappa shape index (κ1) is 27.7. The van der Waals surface area contributed by atoms with E-state index in [9.17, 15) is 4.79 Å². The Kier molecular flexibility index (Phi) is 11.7. The molecule has 0 radical (unpaired) electrons. The van der Waals surface area contributed by atoms with E-state index in [4.69, 9.17) is 17.3 Å². The molecule has 0 fully saturated rings. The molecule has 2 N–H and O–H groups in total. The average molecular weight is 473 g/mol. The van der Waals surface area contributed by atoms with Crippen molar-refractivity contribution in [2.75, 3.05) is 25.9 Å². The number of Topliss-reactive ketones (excluding diaryl/α,β-unsaturated/α-hetero) is 1. The zero-order chi connectivity index (χ0) is 24.4. The number of carbonyl (C=O) groups excluding carboxylic acids is 1. The van der Waals surface area contributed by atoms with Crippen LogP contribution in [0.25, 0.3) is 0 Å². The van der Waals surface area contributed by atoms with Gasteiger partial charge in [-0.1, -0.05) is 69.5 Å². The molecule has 0 saturated heterocycles. The van der Waals surface area contributed by atoms with Crippen LogP contribution in [0.2, 0.25) is 5.02 Å². The first-order chi connectivity index (χ1) is 15.7. The highest BCUT2D eigenvalue weighted by atomic mass is 35.5. The molecule has 184 valence electrons. The van der Waals surface area contributed by atoms with Crippen molar-refractivity contribution >= 4 is 23.1 Å². The second kappa shape index (κ2) is 14.0. The number of nitrogens with zero attached hydrogens (tertiary/aromatic N) is 1. The van der Waals surface area contributed by atoms with Crippen molar-refractivity contribution in [2.45, 2.75) is 85.0 Å². The van der Waals surface area contributed by atoms with Crippen molar-refractivity contribution < 1.29 is 4.79 Å². The second-order valence-corrected chi connectivity index (χ2v) is 10.4. The van der Waals surface area contributed by atoms with Gasteiger partial charge in [0.25, 0.3) is 0 Å². The minimum absolute atomic E-state index is 0.102. The maximum absolute atomic E-state index is 13.1. The summed E-state index contributed by atoms with van der Waals surface area (Å²) in [4.78, 5) is 15.5. The zero-order valence-corrected chi connectivity index (χ0v) is 22.1. The van der Waals surface area contributed by atoms with Crippen LogP contribution in [-0.2, 0) is 17.6 Å². The number of carbonyl (C=O) groups is 1. The molecule has 2 rings (SSSR count). The number of benzene rings is 1. The molecule has 0 aromatic heterocycles. The van der Waals surface area contributed by atoms with E-state index in [-0.39, 0.29) is 11.7 Å². The van der Waals surface area contributed by atoms with Crippen LogP contribution >= 0.6 is 11.6 Å². The van der Waals surface area contributed by atoms with Crippen LogP contribution < -0.4 is 5.73 Å². The highest BCUT2D eigenvalue weighted by molar-refractivity contribution is 6.33. The summed E-state index contributed by atoms with van der Waals surface area (Å²) in [7, 11) is 2.23. The van der Waals surface area contributed by atoms with Gasteiger partial charge in [-0.2, -0.15) is 0 Å². The van der Waals surface area contributed by atoms with E-state index in [1.165, 1.54) is 45.1 Å². The zero-order valence-electron chi connectivity index (χ0n) is 21.4. The van der Waals surface area contributed by atoms with Crippen LogP contribution in [0, 0.1) is 11.8 Å². The average Bonchev–Trinajstić information content (AvgIpc) is 2.78. The number of allylic oxidation sites excluding steroid dienone is 2. The van der Waals surface area contributed by atoms with E-state index in [0.29, 0.717) is 23.0 Å². The number of nitrogen functional groups attached to an aromatic ring is 1. The normalized spacial score (nSPS) is 18.6. The number of ketones is 1. The molecule has 1 aliphatic heterocycles. The number of nitrogens with two attached hydrogens (primary N) is 1. The SMILES string of the molecule is C=C(CCC(CCC)C/C1=C/CCCN(C)CC1)C(=O)[C@H](C)Cc1cc(Cl)c(N)c(CC)c1. The molecular formula is C29H45ClN2O. The Morgan fingerprint density at radius 1 is 1.21 bits per heavy atom. The van der Waals surface area contributed by atoms with Gasteiger partial charge in [-0.25, -0.2) is 0 Å². The number of hydrogen-bond donors (Lipinski definition) is 1. The minimum atomic E-state index is -0.102. The summed E-state index contributed by atoms with van der Waals surface area (Å²) in [5, 5.41) is 0.583. The molecule has 1 unspecified atom stereocenters. The lowest BCUT2D eigenvalue weighted by Gasteiger charge is -2.23. The van der Waals surface area contributed by atoms with E-state index in [0.717, 1.165) is 42.5 Å². The fourth-order valence-corrected chi connectivity index (χ4v) is 5.23. The lowest BCUT2D eigenvalue weighted by atomic mass is 9.85. The maximum atomic E-state index is 13.1. The molecule has 0 aliphatic carbocycles. The summed E-state index contributed by atoms with van der Waals surface area (Å²) in [5.74, 6) is 0.715. The molecule has 0 saturated carbocycles. The lowest BCUT2D eigenvalue weighted by molar-refractivity contribution is -0.118. The molecule has 4 heteroatoms. The number of anilines is 1. The maximum Gasteiger partial charge on any atom is 0.161 e. The Labute approximate surface area is 207 Å². The summed E-state index contributed by atoms with van der Waals surface area (Å²) in [5.41, 5.74) is 11.2. The molecule has 0 bridgehead atoms. The summed E-state index contributed by atoms with van der Waals surface area (Å²) in [6, 6.07) is 3.99. The summed E-state index contributed by atoms with van der Waals surface area (Å²) in [6.07, 6.45) is 13.0. The van der Waals surface area contributed by atoms with Gasteiger partial charge in [0.15, 0.2) is 5.78 Å². The van der Waals surface area contributed by atoms with Crippen molar-refractivity contribution in [3.63, 3.8) is 0 Å². The molecule has 1 aromatic rings. The summed E-state index contributed by atoms with van der Waals surface area (Å²) >= 11 is 6.31. The van der Waals surface area contributed by atoms with E-state index >= 15 is 0 Å². The Hall–Kier alpha value is -1.58. The monoisotopic (exact) mass is 472 g/mol. The minimum Gasteiger partial charge on any atom is -0.397 e. The first-order valence-corrected chi connectivity index (χ1v) is 13.3. The molecular weight excluding hydrogens is 428 g/mol. The molecule has 1 aromatic carbocycles. The number of rotatable bonds is 12. The van der Waals surface area contributed by atoms with Gasteiger partial charge in [0, 0.05) is 12.5 Å². The van der Waals surface area contributed by atoms with Crippen LogP contribution in [0.1, 0.15) is 83.3 Å².